The van der Waals surface area contributed by atoms with Crippen LogP contribution in [0.5, 0.6) is 5.75 Å². The van der Waals surface area contributed by atoms with Crippen LogP contribution in [0.15, 0.2) is 36.0 Å². The Morgan fingerprint density at radius 2 is 2.09 bits per heavy atom. The number of benzene rings is 1. The summed E-state index contributed by atoms with van der Waals surface area (Å²) in [5, 5.41) is 0. The topological polar surface area (TPSA) is 115 Å². The second-order valence-electron chi connectivity index (χ2n) is 8.42. The zero-order chi connectivity index (χ0) is 22.8. The Kier molecular flexibility index (Phi) is 4.30. The highest BCUT2D eigenvalue weighted by molar-refractivity contribution is 6.11. The number of H-pyrrole nitrogens is 1. The Hall–Kier alpha value is -3.81. The van der Waals surface area contributed by atoms with E-state index < -0.39 is 11.4 Å². The number of hydrogen-bond donors (Lipinski definition) is 2. The van der Waals surface area contributed by atoms with Gasteiger partial charge in [0.25, 0.3) is 5.91 Å². The lowest BCUT2D eigenvalue weighted by atomic mass is 9.82. The number of carbonyl (C=O) groups excluding carboxylic acids is 3. The number of amides is 1. The molecular weight excluding hydrogens is 410 g/mol. The summed E-state index contributed by atoms with van der Waals surface area (Å²) in [5.74, 6) is -0.208. The molecule has 2 aliphatic carbocycles. The second kappa shape index (κ2) is 6.85. The van der Waals surface area contributed by atoms with Crippen molar-refractivity contribution in [3.05, 3.63) is 64.1 Å². The van der Waals surface area contributed by atoms with Crippen LogP contribution in [0.4, 0.5) is 5.69 Å². The van der Waals surface area contributed by atoms with Crippen LogP contribution in [0.3, 0.4) is 0 Å². The Morgan fingerprint density at radius 1 is 1.31 bits per heavy atom. The number of nitrogen functional groups attached to an aromatic ring is 1. The van der Waals surface area contributed by atoms with Gasteiger partial charge >= 0.3 is 5.97 Å². The highest BCUT2D eigenvalue weighted by Gasteiger charge is 2.68. The van der Waals surface area contributed by atoms with Gasteiger partial charge < -0.3 is 25.1 Å². The molecule has 0 bridgehead atoms. The standard InChI is InChI=1S/C24H23N3O5/c1-12-20(23(30)32-3)21-22(26-12)16(28)9-18-24(21)10-14(24)11-27(18)19(29)7-5-13-4-6-17(31-2)15(25)8-13/h4-9,14,26H,10-11,25H2,1-3H3/b7-5+/t14-,24+/m1/s1. The van der Waals surface area contributed by atoms with Crippen LogP contribution in [0.2, 0.25) is 0 Å². The van der Waals surface area contributed by atoms with Gasteiger partial charge in [0.1, 0.15) is 5.75 Å². The average Bonchev–Trinajstić information content (AvgIpc) is 3.22. The maximum Gasteiger partial charge on any atom is 0.340 e. The van der Waals surface area contributed by atoms with E-state index in [0.29, 0.717) is 46.2 Å². The molecule has 2 fully saturated rings. The van der Waals surface area contributed by atoms with Crippen LogP contribution < -0.4 is 10.5 Å². The maximum atomic E-state index is 13.1. The summed E-state index contributed by atoms with van der Waals surface area (Å²) in [4.78, 5) is 43.1. The van der Waals surface area contributed by atoms with Gasteiger partial charge in [0.2, 0.25) is 5.78 Å². The summed E-state index contributed by atoms with van der Waals surface area (Å²) in [5.41, 5.74) is 9.46. The minimum absolute atomic E-state index is 0.160. The average molecular weight is 433 g/mol. The van der Waals surface area contributed by atoms with Crippen LogP contribution in [-0.2, 0) is 14.9 Å². The quantitative estimate of drug-likeness (QED) is 0.435. The zero-order valence-corrected chi connectivity index (χ0v) is 18.0. The number of aromatic amines is 1. The molecule has 0 radical (unpaired) electrons. The third-order valence-corrected chi connectivity index (χ3v) is 6.73. The van der Waals surface area contributed by atoms with Crippen LogP contribution in [0, 0.1) is 12.8 Å². The molecule has 1 amide bonds. The first-order valence-corrected chi connectivity index (χ1v) is 10.3. The van der Waals surface area contributed by atoms with Crippen LogP contribution in [0.1, 0.15) is 44.1 Å². The molecule has 1 spiro atoms. The Morgan fingerprint density at radius 3 is 2.78 bits per heavy atom. The van der Waals surface area contributed by atoms with E-state index in [-0.39, 0.29) is 17.6 Å². The number of likely N-dealkylation sites (tertiary alicyclic amines) is 1. The van der Waals surface area contributed by atoms with E-state index in [1.165, 1.54) is 19.3 Å². The van der Waals surface area contributed by atoms with E-state index in [9.17, 15) is 14.4 Å². The van der Waals surface area contributed by atoms with E-state index in [2.05, 4.69) is 4.98 Å². The lowest BCUT2D eigenvalue weighted by molar-refractivity contribution is -0.123. The number of allylic oxidation sites excluding steroid dienone is 2. The van der Waals surface area contributed by atoms with Gasteiger partial charge in [0, 0.05) is 41.1 Å². The Bertz CT molecular complexity index is 1250. The number of ether oxygens (including phenoxy) is 2. The molecular formula is C24H23N3O5. The molecule has 0 unspecified atom stereocenters. The number of carbonyl (C=O) groups is 3. The van der Waals surface area contributed by atoms with Crippen molar-refractivity contribution in [2.24, 2.45) is 5.92 Å². The van der Waals surface area contributed by atoms with Gasteiger partial charge in [-0.05, 0) is 43.0 Å². The molecule has 32 heavy (non-hydrogen) atoms. The molecule has 8 heteroatoms. The number of esters is 1. The largest absolute Gasteiger partial charge is 0.495 e. The fourth-order valence-electron chi connectivity index (χ4n) is 5.20. The normalized spacial score (nSPS) is 22.8. The molecule has 2 atom stereocenters. The minimum atomic E-state index is -0.494. The van der Waals surface area contributed by atoms with Crippen molar-refractivity contribution in [2.75, 3.05) is 26.5 Å². The molecule has 1 aromatic carbocycles. The van der Waals surface area contributed by atoms with Crippen LogP contribution >= 0.6 is 0 Å². The van der Waals surface area contributed by atoms with Crippen molar-refractivity contribution >= 4 is 29.4 Å². The van der Waals surface area contributed by atoms with E-state index in [1.54, 1.807) is 37.1 Å². The number of nitrogens with two attached hydrogens (primary N) is 1. The zero-order valence-electron chi connectivity index (χ0n) is 18.0. The van der Waals surface area contributed by atoms with Crippen LogP contribution in [0.25, 0.3) is 6.08 Å². The number of fused-ring (bicyclic) bond motifs is 1. The molecule has 8 nitrogen and oxygen atoms in total. The van der Waals surface area contributed by atoms with Crippen molar-refractivity contribution in [2.45, 2.75) is 18.8 Å². The third-order valence-electron chi connectivity index (χ3n) is 6.73. The molecule has 1 aliphatic heterocycles. The van der Waals surface area contributed by atoms with Gasteiger partial charge in [0.05, 0.1) is 31.2 Å². The number of aryl methyl sites for hydroxylation is 1. The van der Waals surface area contributed by atoms with Gasteiger partial charge in [-0.2, -0.15) is 0 Å². The van der Waals surface area contributed by atoms with Crippen molar-refractivity contribution in [1.82, 2.24) is 9.88 Å². The predicted molar refractivity (Wildman–Crippen MR) is 117 cm³/mol. The van der Waals surface area contributed by atoms with E-state index in [4.69, 9.17) is 15.2 Å². The fraction of sp³-hybridized carbons (Fsp3) is 0.292. The van der Waals surface area contributed by atoms with Crippen molar-refractivity contribution in [1.29, 1.82) is 0 Å². The first-order valence-electron chi connectivity index (χ1n) is 10.3. The lowest BCUT2D eigenvalue weighted by Crippen LogP contribution is -2.33. The molecule has 3 aliphatic rings. The number of hydrogen-bond acceptors (Lipinski definition) is 6. The van der Waals surface area contributed by atoms with Gasteiger partial charge in [0.15, 0.2) is 0 Å². The van der Waals surface area contributed by atoms with Crippen molar-refractivity contribution in [3.63, 3.8) is 0 Å². The summed E-state index contributed by atoms with van der Waals surface area (Å²) >= 11 is 0. The number of nitrogens with zero attached hydrogens (tertiary/aromatic N) is 1. The third kappa shape index (κ3) is 2.65. The number of aromatic nitrogens is 1. The number of piperidine rings is 1. The number of nitrogens with one attached hydrogen (secondary N) is 1. The predicted octanol–water partition coefficient (Wildman–Crippen LogP) is 2.59. The summed E-state index contributed by atoms with van der Waals surface area (Å²) in [7, 11) is 2.87. The highest BCUT2D eigenvalue weighted by atomic mass is 16.5. The summed E-state index contributed by atoms with van der Waals surface area (Å²) in [6.07, 6.45) is 5.49. The summed E-state index contributed by atoms with van der Waals surface area (Å²) in [6.45, 7) is 2.25. The summed E-state index contributed by atoms with van der Waals surface area (Å²) < 4.78 is 10.1. The van der Waals surface area contributed by atoms with Gasteiger partial charge in [-0.1, -0.05) is 6.07 Å². The van der Waals surface area contributed by atoms with Crippen molar-refractivity contribution in [3.8, 4) is 5.75 Å². The smallest absolute Gasteiger partial charge is 0.340 e. The molecule has 1 saturated carbocycles. The second-order valence-corrected chi connectivity index (χ2v) is 8.42. The Labute approximate surface area is 184 Å². The minimum Gasteiger partial charge on any atom is -0.495 e. The number of ketones is 1. The van der Waals surface area contributed by atoms with Gasteiger partial charge in [-0.15, -0.1) is 0 Å². The SMILES string of the molecule is COC(=O)c1c(C)[nH]c2c1[C@@]13C[C@@H]1CN(C(=O)/C=C/c1ccc(OC)c(N)c1)C3=CC2=O. The molecule has 2 heterocycles. The van der Waals surface area contributed by atoms with Crippen LogP contribution in [-0.4, -0.2) is 48.3 Å². The molecule has 1 aromatic heterocycles. The lowest BCUT2D eigenvalue weighted by Gasteiger charge is -2.27. The van der Waals surface area contributed by atoms with Gasteiger partial charge in [-0.25, -0.2) is 4.79 Å². The number of methoxy groups -OCH3 is 2. The van der Waals surface area contributed by atoms with E-state index in [1.807, 2.05) is 6.07 Å². The highest BCUT2D eigenvalue weighted by Crippen LogP contribution is 2.67. The molecule has 5 rings (SSSR count). The van der Waals surface area contributed by atoms with E-state index >= 15 is 0 Å². The first-order chi connectivity index (χ1) is 15.3. The van der Waals surface area contributed by atoms with E-state index in [0.717, 1.165) is 12.0 Å². The molecule has 1 saturated heterocycles. The van der Waals surface area contributed by atoms with Gasteiger partial charge in [-0.3, -0.25) is 9.59 Å². The molecule has 2 aromatic rings. The maximum absolute atomic E-state index is 13.1. The first kappa shape index (κ1) is 20.1. The molecule has 3 N–H and O–H groups in total. The molecule has 164 valence electrons. The van der Waals surface area contributed by atoms with Crippen molar-refractivity contribution < 1.29 is 23.9 Å². The number of anilines is 1. The Balaban J connectivity index is 1.47. The number of rotatable bonds is 4. The summed E-state index contributed by atoms with van der Waals surface area (Å²) in [6, 6.07) is 5.28. The fourth-order valence-corrected chi connectivity index (χ4v) is 5.20. The monoisotopic (exact) mass is 433 g/mol.